The van der Waals surface area contributed by atoms with Crippen LogP contribution >= 0.6 is 0 Å². The van der Waals surface area contributed by atoms with Gasteiger partial charge < -0.3 is 15.8 Å². The first-order valence-corrected chi connectivity index (χ1v) is 6.29. The second kappa shape index (κ2) is 6.94. The minimum Gasteiger partial charge on any atom is -0.395 e. The Balaban J connectivity index is 2.50. The molecule has 0 aliphatic rings. The van der Waals surface area contributed by atoms with Crippen molar-refractivity contribution in [3.63, 3.8) is 0 Å². The maximum Gasteiger partial charge on any atom is 0.271 e. The number of amides is 1. The van der Waals surface area contributed by atoms with Crippen molar-refractivity contribution < 1.29 is 9.53 Å². The Morgan fingerprint density at radius 1 is 1.58 bits per heavy atom. The Labute approximate surface area is 113 Å². The Morgan fingerprint density at radius 2 is 2.26 bits per heavy atom. The number of nitrogens with two attached hydrogens (primary N) is 1. The molecule has 0 bridgehead atoms. The van der Waals surface area contributed by atoms with Gasteiger partial charge in [-0.05, 0) is 13.3 Å². The average molecular weight is 266 g/mol. The minimum absolute atomic E-state index is 0.230. The second-order valence-electron chi connectivity index (χ2n) is 4.45. The van der Waals surface area contributed by atoms with Gasteiger partial charge in [0.05, 0.1) is 24.6 Å². The number of carbonyl (C=O) groups is 1. The van der Waals surface area contributed by atoms with E-state index in [1.165, 1.54) is 4.68 Å². The third-order valence-corrected chi connectivity index (χ3v) is 2.59. The van der Waals surface area contributed by atoms with Gasteiger partial charge in [0, 0.05) is 13.6 Å². The number of nitrogens with zero attached hydrogens (tertiary/aromatic N) is 2. The van der Waals surface area contributed by atoms with Gasteiger partial charge in [0.25, 0.3) is 5.91 Å². The highest BCUT2D eigenvalue weighted by Gasteiger charge is 2.18. The maximum absolute atomic E-state index is 12.0. The summed E-state index contributed by atoms with van der Waals surface area (Å²) in [4.78, 5) is 12.0. The molecule has 1 aromatic rings. The summed E-state index contributed by atoms with van der Waals surface area (Å²) >= 11 is 0. The monoisotopic (exact) mass is 266 g/mol. The van der Waals surface area contributed by atoms with E-state index in [1.807, 2.05) is 13.8 Å². The highest BCUT2D eigenvalue weighted by atomic mass is 16.5. The molecule has 19 heavy (non-hydrogen) atoms. The zero-order chi connectivity index (χ0) is 14.4. The molecule has 106 valence electrons. The number of nitrogens with one attached hydrogen (secondary N) is 1. The van der Waals surface area contributed by atoms with E-state index in [9.17, 15) is 4.79 Å². The topological polar surface area (TPSA) is 82.2 Å². The Bertz CT molecular complexity index is 465. The quantitative estimate of drug-likeness (QED) is 0.567. The van der Waals surface area contributed by atoms with Gasteiger partial charge in [-0.3, -0.25) is 9.48 Å². The van der Waals surface area contributed by atoms with E-state index in [-0.39, 0.29) is 5.91 Å². The molecule has 1 heterocycles. The van der Waals surface area contributed by atoms with Gasteiger partial charge in [-0.1, -0.05) is 19.1 Å². The van der Waals surface area contributed by atoms with Crippen LogP contribution in [0.15, 0.2) is 12.2 Å². The molecule has 6 heteroatoms. The molecule has 0 aromatic carbocycles. The molecule has 0 unspecified atom stereocenters. The Hall–Kier alpha value is -1.82. The van der Waals surface area contributed by atoms with E-state index >= 15 is 0 Å². The molecule has 0 saturated carbocycles. The number of hydrogen-bond acceptors (Lipinski definition) is 4. The van der Waals surface area contributed by atoms with Crippen molar-refractivity contribution in [2.45, 2.75) is 20.3 Å². The molecular weight excluding hydrogens is 244 g/mol. The normalized spacial score (nSPS) is 10.5. The number of carbonyl (C=O) groups excluding carboxylic acids is 1. The summed E-state index contributed by atoms with van der Waals surface area (Å²) < 4.78 is 6.81. The molecule has 1 amide bonds. The first kappa shape index (κ1) is 15.2. The zero-order valence-electron chi connectivity index (χ0n) is 11.8. The summed E-state index contributed by atoms with van der Waals surface area (Å²) in [6.07, 6.45) is 0.703. The summed E-state index contributed by atoms with van der Waals surface area (Å²) in [5.41, 5.74) is 8.44. The van der Waals surface area contributed by atoms with Crippen LogP contribution in [-0.4, -0.2) is 35.4 Å². The first-order valence-electron chi connectivity index (χ1n) is 6.29. The van der Waals surface area contributed by atoms with E-state index in [0.717, 1.165) is 11.3 Å². The molecule has 0 atom stereocenters. The van der Waals surface area contributed by atoms with Crippen LogP contribution in [0.3, 0.4) is 0 Å². The molecule has 0 fully saturated rings. The smallest absolute Gasteiger partial charge is 0.271 e. The summed E-state index contributed by atoms with van der Waals surface area (Å²) in [6.45, 7) is 8.94. The molecule has 0 radical (unpaired) electrons. The minimum atomic E-state index is -0.230. The molecular formula is C13H22N4O2. The molecule has 1 aromatic heterocycles. The molecule has 6 nitrogen and oxygen atoms in total. The summed E-state index contributed by atoms with van der Waals surface area (Å²) in [6, 6.07) is 0. The first-order chi connectivity index (χ1) is 8.97. The van der Waals surface area contributed by atoms with Crippen molar-refractivity contribution in [1.82, 2.24) is 15.1 Å². The van der Waals surface area contributed by atoms with E-state index in [2.05, 4.69) is 17.0 Å². The van der Waals surface area contributed by atoms with Crippen molar-refractivity contribution in [2.24, 2.45) is 7.05 Å². The number of aromatic nitrogens is 2. The van der Waals surface area contributed by atoms with Gasteiger partial charge in [-0.25, -0.2) is 0 Å². The van der Waals surface area contributed by atoms with Gasteiger partial charge >= 0.3 is 0 Å². The van der Waals surface area contributed by atoms with Gasteiger partial charge in [-0.15, -0.1) is 0 Å². The Kier molecular flexibility index (Phi) is 5.57. The molecule has 1 rings (SSSR count). The summed E-state index contributed by atoms with van der Waals surface area (Å²) in [5, 5.41) is 6.96. The van der Waals surface area contributed by atoms with E-state index in [4.69, 9.17) is 10.5 Å². The molecule has 0 aliphatic carbocycles. The van der Waals surface area contributed by atoms with Gasteiger partial charge in [0.2, 0.25) is 0 Å². The van der Waals surface area contributed by atoms with Crippen LogP contribution < -0.4 is 11.1 Å². The van der Waals surface area contributed by atoms with Crippen molar-refractivity contribution in [1.29, 1.82) is 0 Å². The highest BCUT2D eigenvalue weighted by molar-refractivity contribution is 5.97. The molecule has 0 spiro atoms. The second-order valence-corrected chi connectivity index (χ2v) is 4.45. The van der Waals surface area contributed by atoms with Crippen LogP contribution in [0.5, 0.6) is 0 Å². The van der Waals surface area contributed by atoms with Crippen LogP contribution in [0.2, 0.25) is 0 Å². The van der Waals surface area contributed by atoms with Crippen molar-refractivity contribution >= 4 is 11.6 Å². The lowest BCUT2D eigenvalue weighted by Gasteiger charge is -2.07. The van der Waals surface area contributed by atoms with Gasteiger partial charge in [0.1, 0.15) is 5.69 Å². The van der Waals surface area contributed by atoms with Crippen LogP contribution in [-0.2, 0) is 18.2 Å². The van der Waals surface area contributed by atoms with Crippen LogP contribution in [0.4, 0.5) is 5.69 Å². The lowest BCUT2D eigenvalue weighted by molar-refractivity contribution is 0.0918. The predicted molar refractivity (Wildman–Crippen MR) is 75.0 cm³/mol. The number of hydrogen-bond donors (Lipinski definition) is 2. The standard InChI is InChI=1S/C13H22N4O2/c1-5-10-11(14)12(17(4)16-10)13(18)15-6-7-19-8-9(2)3/h2,5-8,14H2,1,3-4H3,(H,15,18). The Morgan fingerprint density at radius 3 is 2.79 bits per heavy atom. The fourth-order valence-corrected chi connectivity index (χ4v) is 1.69. The largest absolute Gasteiger partial charge is 0.395 e. The summed E-state index contributed by atoms with van der Waals surface area (Å²) in [7, 11) is 1.71. The van der Waals surface area contributed by atoms with Gasteiger partial charge in [0.15, 0.2) is 0 Å². The fourth-order valence-electron chi connectivity index (χ4n) is 1.69. The van der Waals surface area contributed by atoms with Crippen LogP contribution in [0, 0.1) is 0 Å². The van der Waals surface area contributed by atoms with Crippen molar-refractivity contribution in [3.05, 3.63) is 23.5 Å². The third-order valence-electron chi connectivity index (χ3n) is 2.59. The SMILES string of the molecule is C=C(C)COCCNC(=O)c1c(N)c(CC)nn1C. The van der Waals surface area contributed by atoms with Crippen molar-refractivity contribution in [3.8, 4) is 0 Å². The number of ether oxygens (including phenoxy) is 1. The number of nitrogen functional groups attached to an aromatic ring is 1. The lowest BCUT2D eigenvalue weighted by atomic mass is 10.2. The lowest BCUT2D eigenvalue weighted by Crippen LogP contribution is -2.29. The van der Waals surface area contributed by atoms with E-state index in [1.54, 1.807) is 7.05 Å². The van der Waals surface area contributed by atoms with E-state index in [0.29, 0.717) is 37.6 Å². The number of anilines is 1. The maximum atomic E-state index is 12.0. The highest BCUT2D eigenvalue weighted by Crippen LogP contribution is 2.16. The van der Waals surface area contributed by atoms with E-state index < -0.39 is 0 Å². The molecule has 3 N–H and O–H groups in total. The third kappa shape index (κ3) is 4.10. The zero-order valence-corrected chi connectivity index (χ0v) is 11.8. The summed E-state index contributed by atoms with van der Waals surface area (Å²) in [5.74, 6) is -0.230. The van der Waals surface area contributed by atoms with Crippen LogP contribution in [0.25, 0.3) is 0 Å². The van der Waals surface area contributed by atoms with Gasteiger partial charge in [-0.2, -0.15) is 5.10 Å². The molecule has 0 saturated heterocycles. The molecule has 0 aliphatic heterocycles. The number of aryl methyl sites for hydroxylation is 2. The average Bonchev–Trinajstić information content (AvgIpc) is 2.63. The fraction of sp³-hybridized carbons (Fsp3) is 0.538. The predicted octanol–water partition coefficient (Wildman–Crippen LogP) is 0.887. The van der Waals surface area contributed by atoms with Crippen LogP contribution in [0.1, 0.15) is 30.0 Å². The number of rotatable bonds is 7. The van der Waals surface area contributed by atoms with Crippen molar-refractivity contribution in [2.75, 3.05) is 25.5 Å².